The number of aromatic nitrogens is 2. The van der Waals surface area contributed by atoms with Crippen molar-refractivity contribution in [3.8, 4) is 0 Å². The molecule has 1 unspecified atom stereocenters. The van der Waals surface area contributed by atoms with Crippen molar-refractivity contribution in [3.05, 3.63) is 64.5 Å². The van der Waals surface area contributed by atoms with Gasteiger partial charge in [0.1, 0.15) is 5.82 Å². The largest absolute Gasteiger partial charge is 0.368 e. The topological polar surface area (TPSA) is 96.5 Å². The Morgan fingerprint density at radius 2 is 1.79 bits per heavy atom. The van der Waals surface area contributed by atoms with Crippen LogP contribution in [-0.4, -0.2) is 58.1 Å². The molecule has 0 aliphatic carbocycles. The number of halogens is 2. The Bertz CT molecular complexity index is 1140. The molecule has 1 fully saturated rings. The van der Waals surface area contributed by atoms with E-state index in [1.54, 1.807) is 48.2 Å². The molecule has 11 heteroatoms. The van der Waals surface area contributed by atoms with Crippen LogP contribution in [0, 0.1) is 10.1 Å². The number of rotatable bonds is 6. The SMILES string of the molecule is CC(CNC(=O)N1CCN(c2ccc([N+](=O)[O-])cc2)CC1)c1nc2ccccc2n1C(F)F. The molecule has 174 valence electrons. The first-order valence-corrected chi connectivity index (χ1v) is 10.6. The van der Waals surface area contributed by atoms with Gasteiger partial charge >= 0.3 is 12.6 Å². The second kappa shape index (κ2) is 9.39. The fraction of sp³-hybridized carbons (Fsp3) is 0.364. The van der Waals surface area contributed by atoms with E-state index >= 15 is 0 Å². The van der Waals surface area contributed by atoms with Crippen LogP contribution in [0.15, 0.2) is 48.5 Å². The van der Waals surface area contributed by atoms with Crippen LogP contribution in [0.25, 0.3) is 11.0 Å². The van der Waals surface area contributed by atoms with E-state index in [0.29, 0.717) is 37.2 Å². The summed E-state index contributed by atoms with van der Waals surface area (Å²) >= 11 is 0. The first-order valence-electron chi connectivity index (χ1n) is 10.6. The molecular formula is C22H24F2N6O3. The monoisotopic (exact) mass is 458 g/mol. The molecule has 0 spiro atoms. The molecule has 0 bridgehead atoms. The van der Waals surface area contributed by atoms with E-state index in [0.717, 1.165) is 10.3 Å². The van der Waals surface area contributed by atoms with E-state index < -0.39 is 17.4 Å². The highest BCUT2D eigenvalue weighted by molar-refractivity contribution is 5.76. The minimum Gasteiger partial charge on any atom is -0.368 e. The summed E-state index contributed by atoms with van der Waals surface area (Å²) in [5.74, 6) is -0.175. The number of carbonyl (C=O) groups is 1. The van der Waals surface area contributed by atoms with Crippen molar-refractivity contribution in [2.45, 2.75) is 19.4 Å². The van der Waals surface area contributed by atoms with Crippen LogP contribution in [0.5, 0.6) is 0 Å². The van der Waals surface area contributed by atoms with Crippen molar-refractivity contribution in [3.63, 3.8) is 0 Å². The van der Waals surface area contributed by atoms with E-state index in [9.17, 15) is 23.7 Å². The van der Waals surface area contributed by atoms with Crippen LogP contribution in [0.2, 0.25) is 0 Å². The van der Waals surface area contributed by atoms with Gasteiger partial charge in [0, 0.05) is 56.5 Å². The van der Waals surface area contributed by atoms with Crippen molar-refractivity contribution in [2.75, 3.05) is 37.6 Å². The summed E-state index contributed by atoms with van der Waals surface area (Å²) in [5, 5.41) is 13.6. The maximum atomic E-state index is 13.7. The molecule has 4 rings (SSSR count). The number of hydrogen-bond donors (Lipinski definition) is 1. The molecule has 3 aromatic rings. The highest BCUT2D eigenvalue weighted by Gasteiger charge is 2.25. The third-order valence-corrected chi connectivity index (χ3v) is 5.81. The number of alkyl halides is 2. The minimum atomic E-state index is -2.72. The van der Waals surface area contributed by atoms with E-state index in [1.165, 1.54) is 12.1 Å². The number of nitro groups is 1. The molecule has 0 radical (unpaired) electrons. The van der Waals surface area contributed by atoms with Crippen molar-refractivity contribution in [1.29, 1.82) is 0 Å². The lowest BCUT2D eigenvalue weighted by atomic mass is 10.1. The number of nitrogens with zero attached hydrogens (tertiary/aromatic N) is 5. The molecule has 2 aromatic carbocycles. The quantitative estimate of drug-likeness (QED) is 0.445. The Balaban J connectivity index is 1.33. The van der Waals surface area contributed by atoms with Crippen molar-refractivity contribution in [1.82, 2.24) is 19.8 Å². The molecule has 1 atom stereocenters. The summed E-state index contributed by atoms with van der Waals surface area (Å²) in [7, 11) is 0. The van der Waals surface area contributed by atoms with E-state index in [4.69, 9.17) is 0 Å². The second-order valence-corrected chi connectivity index (χ2v) is 7.94. The predicted molar refractivity (Wildman–Crippen MR) is 120 cm³/mol. The molecule has 1 aliphatic heterocycles. The molecule has 1 aliphatic rings. The number of para-hydroxylation sites is 2. The van der Waals surface area contributed by atoms with Gasteiger partial charge in [0.15, 0.2) is 0 Å². The number of fused-ring (bicyclic) bond motifs is 1. The van der Waals surface area contributed by atoms with Gasteiger partial charge < -0.3 is 15.1 Å². The van der Waals surface area contributed by atoms with Crippen molar-refractivity contribution in [2.24, 2.45) is 0 Å². The lowest BCUT2D eigenvalue weighted by Gasteiger charge is -2.36. The Hall–Kier alpha value is -3.76. The highest BCUT2D eigenvalue weighted by Crippen LogP contribution is 2.27. The van der Waals surface area contributed by atoms with Gasteiger partial charge in [-0.05, 0) is 24.3 Å². The van der Waals surface area contributed by atoms with Gasteiger partial charge in [-0.25, -0.2) is 9.78 Å². The van der Waals surface area contributed by atoms with Crippen molar-refractivity contribution >= 4 is 28.4 Å². The van der Waals surface area contributed by atoms with Gasteiger partial charge in [-0.3, -0.25) is 14.7 Å². The molecular weight excluding hydrogens is 434 g/mol. The first kappa shape index (κ1) is 22.4. The molecule has 33 heavy (non-hydrogen) atoms. The average Bonchev–Trinajstić information content (AvgIpc) is 3.22. The number of carbonyl (C=O) groups excluding carboxylic acids is 1. The number of amides is 2. The number of nitrogens with one attached hydrogen (secondary N) is 1. The maximum absolute atomic E-state index is 13.7. The van der Waals surface area contributed by atoms with E-state index in [2.05, 4.69) is 15.2 Å². The Labute approximate surface area is 188 Å². The molecule has 9 nitrogen and oxygen atoms in total. The van der Waals surface area contributed by atoms with Gasteiger partial charge in [0.25, 0.3) is 5.69 Å². The van der Waals surface area contributed by atoms with Crippen LogP contribution in [0.1, 0.15) is 25.2 Å². The zero-order valence-electron chi connectivity index (χ0n) is 18.0. The molecule has 1 aromatic heterocycles. The fourth-order valence-corrected chi connectivity index (χ4v) is 4.01. The molecule has 2 heterocycles. The number of hydrogen-bond acceptors (Lipinski definition) is 5. The lowest BCUT2D eigenvalue weighted by molar-refractivity contribution is -0.384. The predicted octanol–water partition coefficient (Wildman–Crippen LogP) is 3.97. The molecule has 1 N–H and O–H groups in total. The summed E-state index contributed by atoms with van der Waals surface area (Å²) in [6.45, 7) is 1.34. The maximum Gasteiger partial charge on any atom is 0.320 e. The number of anilines is 1. The van der Waals surface area contributed by atoms with E-state index in [-0.39, 0.29) is 24.1 Å². The third kappa shape index (κ3) is 4.71. The first-order chi connectivity index (χ1) is 15.8. The summed E-state index contributed by atoms with van der Waals surface area (Å²) in [5.41, 5.74) is 1.75. The van der Waals surface area contributed by atoms with Gasteiger partial charge in [0.05, 0.1) is 16.0 Å². The lowest BCUT2D eigenvalue weighted by Crippen LogP contribution is -2.52. The number of imidazole rings is 1. The summed E-state index contributed by atoms with van der Waals surface area (Å²) in [4.78, 5) is 31.1. The smallest absolute Gasteiger partial charge is 0.320 e. The van der Waals surface area contributed by atoms with Crippen LogP contribution in [0.4, 0.5) is 25.0 Å². The number of urea groups is 1. The van der Waals surface area contributed by atoms with Gasteiger partial charge in [-0.2, -0.15) is 8.78 Å². The standard InChI is InChI=1S/C22H24F2N6O3/c1-15(20-26-18-4-2-3-5-19(18)29(20)21(23)24)14-25-22(31)28-12-10-27(11-13-28)16-6-8-17(9-7-16)30(32)33/h2-9,15,21H,10-14H2,1H3,(H,25,31). The number of benzene rings is 2. The van der Waals surface area contributed by atoms with Crippen LogP contribution < -0.4 is 10.2 Å². The van der Waals surface area contributed by atoms with Gasteiger partial charge in [0.2, 0.25) is 0 Å². The number of nitro benzene ring substituents is 1. The Kier molecular flexibility index (Phi) is 6.38. The number of piperazine rings is 1. The molecule has 0 saturated carbocycles. The zero-order chi connectivity index (χ0) is 23.5. The Morgan fingerprint density at radius 3 is 2.42 bits per heavy atom. The summed E-state index contributed by atoms with van der Waals surface area (Å²) in [6.07, 6.45) is 0. The highest BCUT2D eigenvalue weighted by atomic mass is 19.3. The van der Waals surface area contributed by atoms with Gasteiger partial charge in [-0.15, -0.1) is 0 Å². The normalized spacial score (nSPS) is 15.2. The molecule has 2 amide bonds. The summed E-state index contributed by atoms with van der Waals surface area (Å²) in [6, 6.07) is 12.8. The van der Waals surface area contributed by atoms with Crippen LogP contribution in [-0.2, 0) is 0 Å². The second-order valence-electron chi connectivity index (χ2n) is 7.94. The van der Waals surface area contributed by atoms with E-state index in [1.807, 2.05) is 0 Å². The minimum absolute atomic E-state index is 0.0336. The fourth-order valence-electron chi connectivity index (χ4n) is 4.01. The molecule has 1 saturated heterocycles. The van der Waals surface area contributed by atoms with Crippen LogP contribution in [0.3, 0.4) is 0 Å². The average molecular weight is 458 g/mol. The third-order valence-electron chi connectivity index (χ3n) is 5.81. The summed E-state index contributed by atoms with van der Waals surface area (Å²) < 4.78 is 28.2. The van der Waals surface area contributed by atoms with Crippen molar-refractivity contribution < 1.29 is 18.5 Å². The van der Waals surface area contributed by atoms with Crippen LogP contribution >= 0.6 is 0 Å². The van der Waals surface area contributed by atoms with Gasteiger partial charge in [-0.1, -0.05) is 19.1 Å². The Morgan fingerprint density at radius 1 is 1.12 bits per heavy atom. The zero-order valence-corrected chi connectivity index (χ0v) is 18.0. The number of non-ortho nitro benzene ring substituents is 1.